The highest BCUT2D eigenvalue weighted by molar-refractivity contribution is 5.71. The van der Waals surface area contributed by atoms with E-state index in [0.29, 0.717) is 19.3 Å². The van der Waals surface area contributed by atoms with Gasteiger partial charge in [-0.3, -0.25) is 14.4 Å². The summed E-state index contributed by atoms with van der Waals surface area (Å²) in [5.41, 5.74) is 0. The fraction of sp³-hybridized carbons (Fsp3) is 0.889. The number of carbonyl (C=O) groups is 3. The Morgan fingerprint density at radius 2 is 0.507 bits per heavy atom. The van der Waals surface area contributed by atoms with E-state index in [-0.39, 0.29) is 31.1 Å². The molecule has 0 saturated heterocycles. The summed E-state index contributed by atoms with van der Waals surface area (Å²) >= 11 is 0. The van der Waals surface area contributed by atoms with Crippen LogP contribution in [0.15, 0.2) is 24.3 Å². The summed E-state index contributed by atoms with van der Waals surface area (Å²) in [6, 6.07) is 0. The van der Waals surface area contributed by atoms with Crippen molar-refractivity contribution >= 4 is 17.9 Å². The first-order valence-corrected chi connectivity index (χ1v) is 30.8. The van der Waals surface area contributed by atoms with Crippen molar-refractivity contribution in [1.82, 2.24) is 0 Å². The molecule has 1 unspecified atom stereocenters. The predicted octanol–water partition coefficient (Wildman–Crippen LogP) is 20.7. The van der Waals surface area contributed by atoms with Crippen LogP contribution in [0.25, 0.3) is 0 Å². The number of ether oxygens (including phenoxy) is 3. The Hall–Kier alpha value is -2.11. The van der Waals surface area contributed by atoms with E-state index in [2.05, 4.69) is 45.1 Å². The molecule has 0 N–H and O–H groups in total. The van der Waals surface area contributed by atoms with Crippen LogP contribution in [0.1, 0.15) is 342 Å². The minimum atomic E-state index is -0.768. The molecule has 0 rings (SSSR count). The molecule has 0 aromatic heterocycles. The van der Waals surface area contributed by atoms with Gasteiger partial charge in [-0.05, 0) is 64.2 Å². The second-order valence-electron chi connectivity index (χ2n) is 21.0. The Morgan fingerprint density at radius 3 is 0.783 bits per heavy atom. The largest absolute Gasteiger partial charge is 0.462 e. The van der Waals surface area contributed by atoms with Gasteiger partial charge in [-0.2, -0.15) is 0 Å². The monoisotopic (exact) mass is 971 g/mol. The van der Waals surface area contributed by atoms with E-state index >= 15 is 0 Å². The van der Waals surface area contributed by atoms with Crippen molar-refractivity contribution in [2.45, 2.75) is 348 Å². The summed E-state index contributed by atoms with van der Waals surface area (Å²) in [7, 11) is 0. The van der Waals surface area contributed by atoms with Crippen LogP contribution in [0.5, 0.6) is 0 Å². The zero-order chi connectivity index (χ0) is 50.0. The normalized spacial score (nSPS) is 12.1. The molecule has 0 saturated carbocycles. The van der Waals surface area contributed by atoms with Gasteiger partial charge in [0.05, 0.1) is 0 Å². The van der Waals surface area contributed by atoms with E-state index in [0.717, 1.165) is 70.6 Å². The van der Waals surface area contributed by atoms with Crippen LogP contribution in [-0.2, 0) is 28.6 Å². The third-order valence-corrected chi connectivity index (χ3v) is 13.9. The van der Waals surface area contributed by atoms with Crippen LogP contribution in [0.2, 0.25) is 0 Å². The van der Waals surface area contributed by atoms with E-state index in [9.17, 15) is 14.4 Å². The summed E-state index contributed by atoms with van der Waals surface area (Å²) in [5.74, 6) is -0.861. The molecule has 0 aromatic carbocycles. The Balaban J connectivity index is 4.04. The van der Waals surface area contributed by atoms with E-state index in [4.69, 9.17) is 14.2 Å². The van der Waals surface area contributed by atoms with E-state index in [1.54, 1.807) is 0 Å². The SMILES string of the molecule is CCC/C=C\CCCCCCCC(=O)OCC(COC(=O)CCCCCCCCCCCCCCCCCCC/C=C\CCCCCCCCCC)OC(=O)CCCCCCCCCCCCCC. The van der Waals surface area contributed by atoms with Crippen molar-refractivity contribution in [3.8, 4) is 0 Å². The Morgan fingerprint density at radius 1 is 0.275 bits per heavy atom. The second kappa shape index (κ2) is 58.5. The Bertz CT molecular complexity index is 1110. The first kappa shape index (κ1) is 66.9. The first-order valence-electron chi connectivity index (χ1n) is 30.8. The fourth-order valence-electron chi connectivity index (χ4n) is 9.27. The summed E-state index contributed by atoms with van der Waals surface area (Å²) in [4.78, 5) is 38.0. The van der Waals surface area contributed by atoms with Crippen LogP contribution in [0, 0.1) is 0 Å². The molecule has 6 heteroatoms. The highest BCUT2D eigenvalue weighted by atomic mass is 16.6. The molecular weight excluding hydrogens is 853 g/mol. The predicted molar refractivity (Wildman–Crippen MR) is 298 cm³/mol. The molecule has 6 nitrogen and oxygen atoms in total. The highest BCUT2D eigenvalue weighted by Gasteiger charge is 2.19. The number of hydrogen-bond donors (Lipinski definition) is 0. The molecule has 0 fully saturated rings. The van der Waals surface area contributed by atoms with Gasteiger partial charge in [0, 0.05) is 19.3 Å². The number of allylic oxidation sites excluding steroid dienone is 4. The van der Waals surface area contributed by atoms with Crippen LogP contribution in [0.3, 0.4) is 0 Å². The van der Waals surface area contributed by atoms with Crippen LogP contribution in [0.4, 0.5) is 0 Å². The van der Waals surface area contributed by atoms with Crippen LogP contribution in [-0.4, -0.2) is 37.2 Å². The molecule has 0 bridgehead atoms. The van der Waals surface area contributed by atoms with E-state index in [1.165, 1.54) is 231 Å². The van der Waals surface area contributed by atoms with E-state index < -0.39 is 6.10 Å². The molecule has 0 aliphatic carbocycles. The molecule has 0 amide bonds. The minimum absolute atomic E-state index is 0.0687. The fourth-order valence-corrected chi connectivity index (χ4v) is 9.27. The first-order chi connectivity index (χ1) is 34.0. The average molecular weight is 972 g/mol. The molecule has 1 atom stereocenters. The van der Waals surface area contributed by atoms with Crippen molar-refractivity contribution < 1.29 is 28.6 Å². The Kier molecular flexibility index (Phi) is 56.7. The second-order valence-corrected chi connectivity index (χ2v) is 21.0. The van der Waals surface area contributed by atoms with Gasteiger partial charge in [-0.15, -0.1) is 0 Å². The quantitative estimate of drug-likeness (QED) is 0.0261. The lowest BCUT2D eigenvalue weighted by Gasteiger charge is -2.18. The smallest absolute Gasteiger partial charge is 0.306 e. The van der Waals surface area contributed by atoms with Crippen molar-refractivity contribution in [1.29, 1.82) is 0 Å². The number of rotatable bonds is 57. The van der Waals surface area contributed by atoms with Crippen molar-refractivity contribution in [3.05, 3.63) is 24.3 Å². The van der Waals surface area contributed by atoms with Gasteiger partial charge >= 0.3 is 17.9 Å². The van der Waals surface area contributed by atoms with Crippen molar-refractivity contribution in [2.75, 3.05) is 13.2 Å². The standard InChI is InChI=1S/C63H118O6/c1-4-7-10-13-16-19-22-24-25-26-27-28-29-30-31-32-33-34-35-36-37-38-39-40-42-44-47-50-53-56-62(65)68-59-60(58-67-61(64)55-52-49-46-43-21-18-15-12-9-6-3)69-63(66)57-54-51-48-45-41-23-20-17-14-11-8-5-2/h12,15,26-27,60H,4-11,13-14,16-25,28-59H2,1-3H3/b15-12-,27-26-. The summed E-state index contributed by atoms with van der Waals surface area (Å²) in [5, 5.41) is 0. The zero-order valence-corrected chi connectivity index (χ0v) is 46.6. The number of hydrogen-bond acceptors (Lipinski definition) is 6. The summed E-state index contributed by atoms with van der Waals surface area (Å²) < 4.78 is 16.8. The van der Waals surface area contributed by atoms with Crippen LogP contribution >= 0.6 is 0 Å². The van der Waals surface area contributed by atoms with Gasteiger partial charge in [0.25, 0.3) is 0 Å². The number of esters is 3. The Labute approximate surface area is 430 Å². The lowest BCUT2D eigenvalue weighted by Crippen LogP contribution is -2.30. The van der Waals surface area contributed by atoms with Gasteiger partial charge in [-0.1, -0.05) is 283 Å². The zero-order valence-electron chi connectivity index (χ0n) is 46.6. The molecule has 0 aromatic rings. The molecule has 0 aliphatic heterocycles. The molecule has 406 valence electrons. The summed E-state index contributed by atoms with van der Waals surface area (Å²) in [6.45, 7) is 6.61. The molecule has 0 radical (unpaired) electrons. The molecule has 69 heavy (non-hydrogen) atoms. The van der Waals surface area contributed by atoms with Gasteiger partial charge in [-0.25, -0.2) is 0 Å². The van der Waals surface area contributed by atoms with Gasteiger partial charge in [0.2, 0.25) is 0 Å². The molecule has 0 heterocycles. The molecule has 0 spiro atoms. The van der Waals surface area contributed by atoms with E-state index in [1.807, 2.05) is 0 Å². The van der Waals surface area contributed by atoms with Gasteiger partial charge in [0.1, 0.15) is 13.2 Å². The van der Waals surface area contributed by atoms with Crippen molar-refractivity contribution in [3.63, 3.8) is 0 Å². The number of carbonyl (C=O) groups excluding carboxylic acids is 3. The maximum atomic E-state index is 12.8. The summed E-state index contributed by atoms with van der Waals surface area (Å²) in [6.07, 6.45) is 69.2. The van der Waals surface area contributed by atoms with Crippen molar-refractivity contribution in [2.24, 2.45) is 0 Å². The molecular formula is C63H118O6. The topological polar surface area (TPSA) is 78.9 Å². The van der Waals surface area contributed by atoms with Gasteiger partial charge in [0.15, 0.2) is 6.10 Å². The van der Waals surface area contributed by atoms with Crippen LogP contribution < -0.4 is 0 Å². The maximum Gasteiger partial charge on any atom is 0.306 e. The number of unbranched alkanes of at least 4 members (excludes halogenated alkanes) is 42. The third-order valence-electron chi connectivity index (χ3n) is 13.9. The average Bonchev–Trinajstić information content (AvgIpc) is 3.35. The minimum Gasteiger partial charge on any atom is -0.462 e. The third kappa shape index (κ3) is 56.7. The lowest BCUT2D eigenvalue weighted by molar-refractivity contribution is -0.167. The lowest BCUT2D eigenvalue weighted by atomic mass is 10.0. The maximum absolute atomic E-state index is 12.8. The highest BCUT2D eigenvalue weighted by Crippen LogP contribution is 2.17. The van der Waals surface area contributed by atoms with Gasteiger partial charge < -0.3 is 14.2 Å². The molecule has 0 aliphatic rings.